The van der Waals surface area contributed by atoms with Gasteiger partial charge in [0, 0.05) is 11.6 Å². The first-order valence-corrected chi connectivity index (χ1v) is 6.29. The molecule has 2 aromatic carbocycles. The molecular weight excluding hydrogens is 277 g/mol. The van der Waals surface area contributed by atoms with Crippen molar-refractivity contribution in [1.82, 2.24) is 0 Å². The van der Waals surface area contributed by atoms with Crippen LogP contribution in [-0.4, -0.2) is 10.0 Å². The number of nitrogens with zero attached hydrogens (tertiary/aromatic N) is 1. The van der Waals surface area contributed by atoms with Gasteiger partial charge in [-0.25, -0.2) is 4.39 Å². The molecule has 0 spiro atoms. The van der Waals surface area contributed by atoms with E-state index < -0.39 is 16.8 Å². The van der Waals surface area contributed by atoms with Gasteiger partial charge in [-0.05, 0) is 31.5 Å². The van der Waals surface area contributed by atoms with E-state index in [1.54, 1.807) is 13.0 Å². The molecule has 5 nitrogen and oxygen atoms in total. The molecule has 0 saturated carbocycles. The van der Waals surface area contributed by atoms with Crippen LogP contribution in [0.2, 0.25) is 0 Å². The Morgan fingerprint density at radius 1 is 1.33 bits per heavy atom. The second-order valence-corrected chi connectivity index (χ2v) is 4.66. The first kappa shape index (κ1) is 14.9. The topological polar surface area (TPSA) is 72.6 Å². The molecule has 0 bridgehead atoms. The van der Waals surface area contributed by atoms with Gasteiger partial charge in [0.1, 0.15) is 0 Å². The van der Waals surface area contributed by atoms with Crippen LogP contribution in [0.3, 0.4) is 0 Å². The number of aliphatic hydroxyl groups excluding tert-OH is 1. The molecule has 0 radical (unpaired) electrons. The molecule has 0 unspecified atom stereocenters. The van der Waals surface area contributed by atoms with E-state index in [1.165, 1.54) is 37.3 Å². The maximum absolute atomic E-state index is 13.9. The molecule has 0 heterocycles. The minimum absolute atomic E-state index is 0.0717. The molecule has 0 aliphatic heterocycles. The molecule has 21 heavy (non-hydrogen) atoms. The number of benzene rings is 2. The molecule has 6 heteroatoms. The van der Waals surface area contributed by atoms with E-state index in [0.717, 1.165) is 0 Å². The van der Waals surface area contributed by atoms with Crippen LogP contribution < -0.4 is 4.74 Å². The third-order valence-corrected chi connectivity index (χ3v) is 2.97. The van der Waals surface area contributed by atoms with Crippen LogP contribution in [0.25, 0.3) is 0 Å². The van der Waals surface area contributed by atoms with E-state index in [2.05, 4.69) is 0 Å². The van der Waals surface area contributed by atoms with Gasteiger partial charge in [-0.15, -0.1) is 0 Å². The van der Waals surface area contributed by atoms with Gasteiger partial charge in [0.05, 0.1) is 11.0 Å². The quantitative estimate of drug-likeness (QED) is 0.685. The van der Waals surface area contributed by atoms with E-state index in [9.17, 15) is 19.6 Å². The summed E-state index contributed by atoms with van der Waals surface area (Å²) in [7, 11) is 0. The Balaban J connectivity index is 2.51. The van der Waals surface area contributed by atoms with E-state index in [0.29, 0.717) is 5.56 Å². The second-order valence-electron chi connectivity index (χ2n) is 4.66. The van der Waals surface area contributed by atoms with Crippen molar-refractivity contribution in [3.63, 3.8) is 0 Å². The molecule has 0 saturated heterocycles. The number of nitro benzene ring substituents is 1. The maximum atomic E-state index is 13.9. The molecule has 0 amide bonds. The van der Waals surface area contributed by atoms with Gasteiger partial charge in [0.25, 0.3) is 0 Å². The molecule has 0 aliphatic carbocycles. The van der Waals surface area contributed by atoms with Crippen molar-refractivity contribution < 1.29 is 19.2 Å². The first-order valence-electron chi connectivity index (χ1n) is 6.29. The minimum atomic E-state index is -0.958. The van der Waals surface area contributed by atoms with Crippen molar-refractivity contribution in [2.24, 2.45) is 0 Å². The van der Waals surface area contributed by atoms with Gasteiger partial charge in [0.15, 0.2) is 11.6 Å². The lowest BCUT2D eigenvalue weighted by molar-refractivity contribution is -0.385. The monoisotopic (exact) mass is 291 g/mol. The normalized spacial score (nSPS) is 12.0. The number of rotatable bonds is 4. The summed E-state index contributed by atoms with van der Waals surface area (Å²) >= 11 is 0. The van der Waals surface area contributed by atoms with Gasteiger partial charge >= 0.3 is 5.69 Å². The fourth-order valence-corrected chi connectivity index (χ4v) is 1.93. The summed E-state index contributed by atoms with van der Waals surface area (Å²) in [6.07, 6.45) is -0.958. The number of hydrogen-bond donors (Lipinski definition) is 1. The highest BCUT2D eigenvalue weighted by molar-refractivity contribution is 5.51. The number of para-hydroxylation sites is 1. The van der Waals surface area contributed by atoms with E-state index in [-0.39, 0.29) is 22.7 Å². The Hall–Kier alpha value is -2.47. The van der Waals surface area contributed by atoms with Crippen LogP contribution >= 0.6 is 0 Å². The molecule has 0 fully saturated rings. The number of ether oxygens (including phenoxy) is 1. The van der Waals surface area contributed by atoms with Crippen LogP contribution in [0.1, 0.15) is 24.2 Å². The zero-order valence-corrected chi connectivity index (χ0v) is 11.5. The van der Waals surface area contributed by atoms with Crippen LogP contribution in [0.4, 0.5) is 10.1 Å². The highest BCUT2D eigenvalue weighted by Crippen LogP contribution is 2.36. The first-order chi connectivity index (χ1) is 9.90. The molecule has 1 N–H and O–H groups in total. The molecule has 0 aliphatic rings. The highest BCUT2D eigenvalue weighted by atomic mass is 19.1. The Labute approximate surface area is 120 Å². The van der Waals surface area contributed by atoms with Gasteiger partial charge in [-0.3, -0.25) is 10.1 Å². The smallest absolute Gasteiger partial charge is 0.311 e. The van der Waals surface area contributed by atoms with E-state index in [1.807, 2.05) is 0 Å². The fraction of sp³-hybridized carbons (Fsp3) is 0.200. The largest absolute Gasteiger partial charge is 0.447 e. The Bertz CT molecular complexity index is 685. The fourth-order valence-electron chi connectivity index (χ4n) is 1.93. The average Bonchev–Trinajstić information content (AvgIpc) is 2.42. The summed E-state index contributed by atoms with van der Waals surface area (Å²) < 4.78 is 19.3. The molecular formula is C15H14FNO4. The zero-order chi connectivity index (χ0) is 15.6. The number of aryl methyl sites for hydroxylation is 1. The summed E-state index contributed by atoms with van der Waals surface area (Å²) in [6.45, 7) is 3.17. The Morgan fingerprint density at radius 3 is 2.67 bits per heavy atom. The lowest BCUT2D eigenvalue weighted by atomic mass is 10.1. The lowest BCUT2D eigenvalue weighted by Gasteiger charge is -2.14. The second kappa shape index (κ2) is 5.88. The number of aliphatic hydroxyl groups is 1. The van der Waals surface area contributed by atoms with E-state index in [4.69, 9.17) is 4.74 Å². The maximum Gasteiger partial charge on any atom is 0.311 e. The van der Waals surface area contributed by atoms with Gasteiger partial charge in [-0.1, -0.05) is 18.2 Å². The standard InChI is InChI=1S/C15H14FNO4/c1-9-6-7-14(13(8-9)17(19)20)21-15-11(10(2)18)4-3-5-12(15)16/h3-8,10,18H,1-2H3/t10-/m1/s1. The van der Waals surface area contributed by atoms with Crippen LogP contribution in [0, 0.1) is 22.9 Å². The predicted octanol–water partition coefficient (Wildman–Crippen LogP) is 3.89. The summed E-state index contributed by atoms with van der Waals surface area (Å²) in [5.41, 5.74) is 0.665. The Morgan fingerprint density at radius 2 is 2.05 bits per heavy atom. The molecule has 2 rings (SSSR count). The summed E-state index contributed by atoms with van der Waals surface area (Å²) in [5, 5.41) is 20.7. The van der Waals surface area contributed by atoms with Crippen molar-refractivity contribution in [3.05, 3.63) is 63.5 Å². The van der Waals surface area contributed by atoms with Crippen LogP contribution in [-0.2, 0) is 0 Å². The molecule has 0 aromatic heterocycles. The molecule has 2 aromatic rings. The van der Waals surface area contributed by atoms with E-state index >= 15 is 0 Å². The third-order valence-electron chi connectivity index (χ3n) is 2.97. The highest BCUT2D eigenvalue weighted by Gasteiger charge is 2.20. The van der Waals surface area contributed by atoms with Crippen LogP contribution in [0.5, 0.6) is 11.5 Å². The lowest BCUT2D eigenvalue weighted by Crippen LogP contribution is -2.00. The van der Waals surface area contributed by atoms with Crippen molar-refractivity contribution in [3.8, 4) is 11.5 Å². The number of nitro groups is 1. The van der Waals surface area contributed by atoms with Crippen molar-refractivity contribution in [1.29, 1.82) is 0 Å². The third kappa shape index (κ3) is 3.17. The molecule has 110 valence electrons. The van der Waals surface area contributed by atoms with Gasteiger partial charge in [-0.2, -0.15) is 0 Å². The number of hydrogen-bond acceptors (Lipinski definition) is 4. The van der Waals surface area contributed by atoms with Gasteiger partial charge in [0.2, 0.25) is 5.75 Å². The molecule has 1 atom stereocenters. The zero-order valence-electron chi connectivity index (χ0n) is 11.5. The SMILES string of the molecule is Cc1ccc(Oc2c(F)cccc2[C@@H](C)O)c([N+](=O)[O-])c1. The summed E-state index contributed by atoms with van der Waals surface area (Å²) in [6, 6.07) is 8.49. The van der Waals surface area contributed by atoms with Crippen molar-refractivity contribution >= 4 is 5.69 Å². The summed E-state index contributed by atoms with van der Waals surface area (Å²) in [5.74, 6) is -0.972. The van der Waals surface area contributed by atoms with Crippen molar-refractivity contribution in [2.45, 2.75) is 20.0 Å². The van der Waals surface area contributed by atoms with Crippen LogP contribution in [0.15, 0.2) is 36.4 Å². The Kier molecular flexibility index (Phi) is 4.18. The van der Waals surface area contributed by atoms with Gasteiger partial charge < -0.3 is 9.84 Å². The number of halogens is 1. The van der Waals surface area contributed by atoms with Crippen molar-refractivity contribution in [2.75, 3.05) is 0 Å². The predicted molar refractivity (Wildman–Crippen MR) is 74.9 cm³/mol. The average molecular weight is 291 g/mol. The summed E-state index contributed by atoms with van der Waals surface area (Å²) in [4.78, 5) is 10.5. The minimum Gasteiger partial charge on any atom is -0.447 e.